The minimum atomic E-state index is -0.0917. The van der Waals surface area contributed by atoms with Crippen molar-refractivity contribution in [1.29, 1.82) is 0 Å². The molecule has 26 heavy (non-hydrogen) atoms. The van der Waals surface area contributed by atoms with Crippen LogP contribution in [0.2, 0.25) is 0 Å². The van der Waals surface area contributed by atoms with Gasteiger partial charge in [0.15, 0.2) is 5.13 Å². The number of aromatic nitrogens is 1. The molecule has 1 aromatic heterocycles. The van der Waals surface area contributed by atoms with Crippen LogP contribution in [0, 0.1) is 0 Å². The maximum Gasteiger partial charge on any atom is 0.234 e. The minimum Gasteiger partial charge on any atom is -0.352 e. The third-order valence-electron chi connectivity index (χ3n) is 5.02. The molecule has 0 bridgehead atoms. The molecule has 7 nitrogen and oxygen atoms in total. The molecule has 2 amide bonds. The average Bonchev–Trinajstić information content (AvgIpc) is 3.03. The predicted octanol–water partition coefficient (Wildman–Crippen LogP) is 1.67. The molecule has 1 saturated carbocycles. The SMILES string of the molecule is CC(=O)Nc1ncc(CN2CCN(CC(=O)NC3CCCCC3)CC2)s1. The van der Waals surface area contributed by atoms with E-state index in [9.17, 15) is 9.59 Å². The second-order valence-electron chi connectivity index (χ2n) is 7.27. The Bertz CT molecular complexity index is 606. The van der Waals surface area contributed by atoms with Crippen LogP contribution in [0.25, 0.3) is 0 Å². The molecule has 2 heterocycles. The number of hydrogen-bond acceptors (Lipinski definition) is 6. The maximum atomic E-state index is 12.2. The van der Waals surface area contributed by atoms with Gasteiger partial charge in [-0.25, -0.2) is 4.98 Å². The molecule has 1 saturated heterocycles. The van der Waals surface area contributed by atoms with Crippen molar-refractivity contribution >= 4 is 28.3 Å². The van der Waals surface area contributed by atoms with Crippen molar-refractivity contribution in [3.05, 3.63) is 11.1 Å². The van der Waals surface area contributed by atoms with Gasteiger partial charge in [-0.05, 0) is 12.8 Å². The van der Waals surface area contributed by atoms with E-state index in [1.165, 1.54) is 37.5 Å². The van der Waals surface area contributed by atoms with E-state index in [0.29, 0.717) is 17.7 Å². The zero-order chi connectivity index (χ0) is 18.4. The number of nitrogens with zero attached hydrogens (tertiary/aromatic N) is 3. The molecule has 0 radical (unpaired) electrons. The molecule has 3 rings (SSSR count). The van der Waals surface area contributed by atoms with E-state index in [0.717, 1.165) is 50.4 Å². The molecule has 8 heteroatoms. The van der Waals surface area contributed by atoms with Crippen LogP contribution in [0.3, 0.4) is 0 Å². The zero-order valence-corrected chi connectivity index (χ0v) is 16.3. The number of anilines is 1. The molecule has 1 aliphatic carbocycles. The van der Waals surface area contributed by atoms with Gasteiger partial charge in [0.25, 0.3) is 0 Å². The quantitative estimate of drug-likeness (QED) is 0.786. The van der Waals surface area contributed by atoms with E-state index in [4.69, 9.17) is 0 Å². The summed E-state index contributed by atoms with van der Waals surface area (Å²) in [7, 11) is 0. The fourth-order valence-electron chi connectivity index (χ4n) is 3.64. The standard InChI is InChI=1S/C18H29N5O2S/c1-14(24)20-18-19-11-16(26-18)12-22-7-9-23(10-8-22)13-17(25)21-15-5-3-2-4-6-15/h11,15H,2-10,12-13H2,1H3,(H,21,25)(H,19,20,24). The summed E-state index contributed by atoms with van der Waals surface area (Å²) in [5, 5.41) is 6.58. The molecule has 1 aromatic rings. The van der Waals surface area contributed by atoms with Crippen molar-refractivity contribution in [1.82, 2.24) is 20.1 Å². The highest BCUT2D eigenvalue weighted by atomic mass is 32.1. The molecule has 0 atom stereocenters. The molecular weight excluding hydrogens is 350 g/mol. The van der Waals surface area contributed by atoms with Gasteiger partial charge >= 0.3 is 0 Å². The van der Waals surface area contributed by atoms with Crippen LogP contribution >= 0.6 is 11.3 Å². The van der Waals surface area contributed by atoms with E-state index >= 15 is 0 Å². The van der Waals surface area contributed by atoms with Gasteiger partial charge in [-0.15, -0.1) is 11.3 Å². The zero-order valence-electron chi connectivity index (χ0n) is 15.5. The fourth-order valence-corrected chi connectivity index (χ4v) is 4.54. The predicted molar refractivity (Wildman–Crippen MR) is 103 cm³/mol. The van der Waals surface area contributed by atoms with E-state index in [-0.39, 0.29) is 11.8 Å². The van der Waals surface area contributed by atoms with Gasteiger partial charge in [-0.3, -0.25) is 19.4 Å². The number of rotatable bonds is 6. The second-order valence-corrected chi connectivity index (χ2v) is 8.38. The number of carbonyl (C=O) groups is 2. The topological polar surface area (TPSA) is 77.6 Å². The van der Waals surface area contributed by atoms with Crippen LogP contribution in [-0.2, 0) is 16.1 Å². The number of hydrogen-bond donors (Lipinski definition) is 2. The number of amides is 2. The second kappa shape index (κ2) is 9.43. The van der Waals surface area contributed by atoms with Gasteiger partial charge in [0.05, 0.1) is 6.54 Å². The van der Waals surface area contributed by atoms with Crippen molar-refractivity contribution in [2.24, 2.45) is 0 Å². The van der Waals surface area contributed by atoms with Crippen LogP contribution < -0.4 is 10.6 Å². The van der Waals surface area contributed by atoms with Gasteiger partial charge < -0.3 is 10.6 Å². The Hall–Kier alpha value is -1.51. The van der Waals surface area contributed by atoms with Crippen LogP contribution in [0.1, 0.15) is 43.9 Å². The van der Waals surface area contributed by atoms with Crippen molar-refractivity contribution in [2.75, 3.05) is 38.0 Å². The van der Waals surface area contributed by atoms with E-state index in [2.05, 4.69) is 25.4 Å². The summed E-state index contributed by atoms with van der Waals surface area (Å²) in [6, 6.07) is 0.390. The van der Waals surface area contributed by atoms with Crippen molar-refractivity contribution in [2.45, 2.75) is 51.6 Å². The lowest BCUT2D eigenvalue weighted by molar-refractivity contribution is -0.123. The molecule has 2 fully saturated rings. The van der Waals surface area contributed by atoms with Crippen molar-refractivity contribution < 1.29 is 9.59 Å². The number of piperazine rings is 1. The Morgan fingerprint density at radius 2 is 1.85 bits per heavy atom. The monoisotopic (exact) mass is 379 g/mol. The first-order valence-electron chi connectivity index (χ1n) is 9.55. The lowest BCUT2D eigenvalue weighted by Gasteiger charge is -2.34. The highest BCUT2D eigenvalue weighted by Gasteiger charge is 2.21. The van der Waals surface area contributed by atoms with Crippen molar-refractivity contribution in [3.8, 4) is 0 Å². The molecule has 0 spiro atoms. The Kier molecular flexibility index (Phi) is 6.99. The Labute approximate surface area is 159 Å². The largest absolute Gasteiger partial charge is 0.352 e. The van der Waals surface area contributed by atoms with Crippen LogP contribution in [0.5, 0.6) is 0 Å². The van der Waals surface area contributed by atoms with Gasteiger partial charge in [-0.2, -0.15) is 0 Å². The summed E-state index contributed by atoms with van der Waals surface area (Å²) >= 11 is 1.52. The first-order chi connectivity index (χ1) is 12.6. The first kappa shape index (κ1) is 19.3. The average molecular weight is 380 g/mol. The minimum absolute atomic E-state index is 0.0917. The Morgan fingerprint density at radius 3 is 2.54 bits per heavy atom. The van der Waals surface area contributed by atoms with E-state index in [1.54, 1.807) is 0 Å². The van der Waals surface area contributed by atoms with Gasteiger partial charge in [-0.1, -0.05) is 19.3 Å². The number of nitrogens with one attached hydrogen (secondary N) is 2. The molecule has 0 unspecified atom stereocenters. The van der Waals surface area contributed by atoms with E-state index in [1.807, 2.05) is 6.20 Å². The first-order valence-corrected chi connectivity index (χ1v) is 10.4. The molecule has 2 aliphatic rings. The van der Waals surface area contributed by atoms with E-state index < -0.39 is 0 Å². The number of thiazole rings is 1. The van der Waals surface area contributed by atoms with Gasteiger partial charge in [0.2, 0.25) is 11.8 Å². The molecule has 2 N–H and O–H groups in total. The van der Waals surface area contributed by atoms with Gasteiger partial charge in [0, 0.05) is 56.8 Å². The van der Waals surface area contributed by atoms with Crippen LogP contribution in [0.4, 0.5) is 5.13 Å². The van der Waals surface area contributed by atoms with Crippen LogP contribution in [-0.4, -0.2) is 65.4 Å². The van der Waals surface area contributed by atoms with Gasteiger partial charge in [0.1, 0.15) is 0 Å². The Balaban J connectivity index is 1.36. The summed E-state index contributed by atoms with van der Waals surface area (Å²) in [5.41, 5.74) is 0. The van der Waals surface area contributed by atoms with Crippen molar-refractivity contribution in [3.63, 3.8) is 0 Å². The fraction of sp³-hybridized carbons (Fsp3) is 0.722. The normalized spacial score (nSPS) is 20.0. The summed E-state index contributed by atoms with van der Waals surface area (Å²) in [6.45, 7) is 6.57. The molecular formula is C18H29N5O2S. The summed E-state index contributed by atoms with van der Waals surface area (Å²) in [5.74, 6) is 0.0822. The number of carbonyl (C=O) groups excluding carboxylic acids is 2. The third-order valence-corrected chi connectivity index (χ3v) is 5.92. The summed E-state index contributed by atoms with van der Waals surface area (Å²) < 4.78 is 0. The van der Waals surface area contributed by atoms with Crippen LogP contribution in [0.15, 0.2) is 6.20 Å². The molecule has 144 valence electrons. The lowest BCUT2D eigenvalue weighted by atomic mass is 9.95. The highest BCUT2D eigenvalue weighted by Crippen LogP contribution is 2.20. The molecule has 1 aliphatic heterocycles. The third kappa shape index (κ3) is 6.03. The summed E-state index contributed by atoms with van der Waals surface area (Å²) in [6.07, 6.45) is 7.89. The molecule has 0 aromatic carbocycles. The Morgan fingerprint density at radius 1 is 1.15 bits per heavy atom. The highest BCUT2D eigenvalue weighted by molar-refractivity contribution is 7.15. The maximum absolute atomic E-state index is 12.2. The lowest BCUT2D eigenvalue weighted by Crippen LogP contribution is -2.50. The summed E-state index contributed by atoms with van der Waals surface area (Å²) in [4.78, 5) is 33.3. The smallest absolute Gasteiger partial charge is 0.234 e.